The number of carbonyl (C=O) groups is 1. The maximum Gasteiger partial charge on any atom is 0.260 e. The van der Waals surface area contributed by atoms with Gasteiger partial charge in [0.05, 0.1) is 30.5 Å². The molecular formula is C18H17N7O2. The number of amides is 1. The Labute approximate surface area is 154 Å². The molecule has 9 heteroatoms. The predicted molar refractivity (Wildman–Crippen MR) is 98.2 cm³/mol. The number of hydrogen-bond acceptors (Lipinski definition) is 7. The third kappa shape index (κ3) is 4.21. The van der Waals surface area contributed by atoms with E-state index >= 15 is 0 Å². The van der Waals surface area contributed by atoms with Crippen molar-refractivity contribution in [3.05, 3.63) is 65.4 Å². The van der Waals surface area contributed by atoms with Gasteiger partial charge in [0, 0.05) is 6.20 Å². The maximum absolute atomic E-state index is 12.6. The first-order valence-electron chi connectivity index (χ1n) is 7.98. The van der Waals surface area contributed by atoms with E-state index in [1.807, 2.05) is 13.0 Å². The smallest absolute Gasteiger partial charge is 0.260 e. The Morgan fingerprint density at radius 3 is 2.52 bits per heavy atom. The normalized spacial score (nSPS) is 10.3. The van der Waals surface area contributed by atoms with Crippen LogP contribution in [0.4, 0.5) is 5.82 Å². The molecule has 0 aliphatic heterocycles. The van der Waals surface area contributed by atoms with Crippen LogP contribution in [0.3, 0.4) is 0 Å². The van der Waals surface area contributed by atoms with Gasteiger partial charge in [-0.2, -0.15) is 0 Å². The van der Waals surface area contributed by atoms with Gasteiger partial charge >= 0.3 is 0 Å². The molecule has 3 aromatic rings. The minimum absolute atomic E-state index is 0.0337. The molecule has 3 heterocycles. The first-order chi connectivity index (χ1) is 13.0. The summed E-state index contributed by atoms with van der Waals surface area (Å²) in [6.45, 7) is 3.65. The highest BCUT2D eigenvalue weighted by molar-refractivity contribution is 6.03. The molecule has 136 valence electrons. The van der Waals surface area contributed by atoms with Crippen molar-refractivity contribution in [2.24, 2.45) is 0 Å². The number of nitrogens with one attached hydrogen (secondary N) is 3. The number of hydrogen-bond donors (Lipinski definition) is 3. The van der Waals surface area contributed by atoms with Gasteiger partial charge in [-0.05, 0) is 31.5 Å². The third-order valence-electron chi connectivity index (χ3n) is 3.60. The molecule has 27 heavy (non-hydrogen) atoms. The lowest BCUT2D eigenvalue weighted by molar-refractivity contribution is 0.102. The molecule has 1 amide bonds. The number of aryl methyl sites for hydroxylation is 2. The van der Waals surface area contributed by atoms with E-state index in [4.69, 9.17) is 15.6 Å². The van der Waals surface area contributed by atoms with Gasteiger partial charge in [0.1, 0.15) is 22.9 Å². The summed E-state index contributed by atoms with van der Waals surface area (Å²) in [6, 6.07) is 4.91. The van der Waals surface area contributed by atoms with Crippen molar-refractivity contribution in [2.45, 2.75) is 13.8 Å². The highest BCUT2D eigenvalue weighted by Crippen LogP contribution is 2.19. The van der Waals surface area contributed by atoms with Gasteiger partial charge < -0.3 is 10.1 Å². The van der Waals surface area contributed by atoms with Crippen molar-refractivity contribution in [3.63, 3.8) is 0 Å². The number of anilines is 1. The Morgan fingerprint density at radius 1 is 1.15 bits per heavy atom. The van der Waals surface area contributed by atoms with Gasteiger partial charge in [-0.25, -0.2) is 15.0 Å². The van der Waals surface area contributed by atoms with Crippen molar-refractivity contribution in [2.75, 3.05) is 5.32 Å². The lowest BCUT2D eigenvalue weighted by Crippen LogP contribution is -2.29. The summed E-state index contributed by atoms with van der Waals surface area (Å²) in [7, 11) is 0. The second kappa shape index (κ2) is 7.56. The summed E-state index contributed by atoms with van der Waals surface area (Å²) in [5.41, 5.74) is 0.847. The second-order valence-electron chi connectivity index (χ2n) is 5.72. The summed E-state index contributed by atoms with van der Waals surface area (Å²) in [4.78, 5) is 24.8. The summed E-state index contributed by atoms with van der Waals surface area (Å²) in [5, 5.41) is 18.2. The molecular weight excluding hydrogens is 346 g/mol. The van der Waals surface area contributed by atoms with E-state index < -0.39 is 5.91 Å². The van der Waals surface area contributed by atoms with Crippen LogP contribution < -0.4 is 15.5 Å². The maximum atomic E-state index is 12.6. The Hall–Kier alpha value is -3.88. The quantitative estimate of drug-likeness (QED) is 0.473. The monoisotopic (exact) mass is 363 g/mol. The fourth-order valence-corrected chi connectivity index (χ4v) is 2.21. The molecule has 0 aliphatic rings. The molecule has 9 nitrogen and oxygen atoms in total. The number of carbonyl (C=O) groups excluding carboxylic acids is 1. The third-order valence-corrected chi connectivity index (χ3v) is 3.60. The van der Waals surface area contributed by atoms with Crippen LogP contribution in [-0.2, 0) is 0 Å². The van der Waals surface area contributed by atoms with E-state index in [1.165, 1.54) is 29.2 Å². The molecule has 0 saturated heterocycles. The fraction of sp³-hybridized carbons (Fsp3) is 0.111. The number of pyridine rings is 2. The van der Waals surface area contributed by atoms with Crippen LogP contribution >= 0.6 is 0 Å². The molecule has 0 fully saturated rings. The average Bonchev–Trinajstić information content (AvgIpc) is 2.66. The Kier molecular flexibility index (Phi) is 5.02. The number of aromatic nitrogens is 4. The molecule has 0 aliphatic carbocycles. The zero-order valence-corrected chi connectivity index (χ0v) is 14.7. The summed E-state index contributed by atoms with van der Waals surface area (Å²) >= 11 is 0. The van der Waals surface area contributed by atoms with Gasteiger partial charge in [-0.3, -0.25) is 20.2 Å². The van der Waals surface area contributed by atoms with Crippen LogP contribution in [-0.4, -0.2) is 31.8 Å². The number of rotatable bonds is 5. The molecule has 0 radical (unpaired) electrons. The molecule has 0 bridgehead atoms. The van der Waals surface area contributed by atoms with Crippen molar-refractivity contribution >= 4 is 18.1 Å². The highest BCUT2D eigenvalue weighted by Gasteiger charge is 2.14. The van der Waals surface area contributed by atoms with E-state index in [1.54, 1.807) is 19.2 Å². The molecule has 0 saturated carbocycles. The van der Waals surface area contributed by atoms with Crippen LogP contribution in [0.25, 0.3) is 0 Å². The van der Waals surface area contributed by atoms with Crippen molar-refractivity contribution in [1.82, 2.24) is 19.5 Å². The van der Waals surface area contributed by atoms with Crippen molar-refractivity contribution in [3.8, 4) is 11.5 Å². The number of ether oxygens (including phenoxy) is 1. The van der Waals surface area contributed by atoms with E-state index in [9.17, 15) is 4.79 Å². The molecule has 0 aromatic carbocycles. The molecule has 3 rings (SSSR count). The van der Waals surface area contributed by atoms with Crippen LogP contribution in [0.5, 0.6) is 11.5 Å². The Balaban J connectivity index is 1.92. The minimum atomic E-state index is -0.530. The van der Waals surface area contributed by atoms with Gasteiger partial charge in [0.25, 0.3) is 5.91 Å². The number of nitrogens with zero attached hydrogens (tertiary/aromatic N) is 4. The van der Waals surface area contributed by atoms with Crippen LogP contribution in [0, 0.1) is 24.7 Å². The fourth-order valence-electron chi connectivity index (χ4n) is 2.21. The Bertz CT molecular complexity index is 1040. The van der Waals surface area contributed by atoms with Gasteiger partial charge in [0.2, 0.25) is 0 Å². The van der Waals surface area contributed by atoms with E-state index in [0.717, 1.165) is 11.9 Å². The first-order valence-corrected chi connectivity index (χ1v) is 7.98. The van der Waals surface area contributed by atoms with Crippen LogP contribution in [0.15, 0.2) is 43.0 Å². The zero-order valence-electron chi connectivity index (χ0n) is 14.7. The average molecular weight is 363 g/mol. The van der Waals surface area contributed by atoms with E-state index in [0.29, 0.717) is 17.4 Å². The topological polar surface area (TPSA) is 130 Å². The van der Waals surface area contributed by atoms with E-state index in [-0.39, 0.29) is 16.8 Å². The van der Waals surface area contributed by atoms with Gasteiger partial charge in [-0.1, -0.05) is 6.07 Å². The van der Waals surface area contributed by atoms with Crippen LogP contribution in [0.2, 0.25) is 0 Å². The van der Waals surface area contributed by atoms with E-state index in [2.05, 4.69) is 20.3 Å². The molecule has 3 aromatic heterocycles. The minimum Gasteiger partial charge on any atom is -0.453 e. The van der Waals surface area contributed by atoms with Gasteiger partial charge in [-0.15, -0.1) is 0 Å². The molecule has 0 spiro atoms. The summed E-state index contributed by atoms with van der Waals surface area (Å²) < 4.78 is 6.83. The highest BCUT2D eigenvalue weighted by atomic mass is 16.5. The predicted octanol–water partition coefficient (Wildman–Crippen LogP) is 2.27. The molecule has 0 unspecified atom stereocenters. The lowest BCUT2D eigenvalue weighted by Gasteiger charge is -2.11. The Morgan fingerprint density at radius 2 is 1.89 bits per heavy atom. The first kappa shape index (κ1) is 17.9. The van der Waals surface area contributed by atoms with Crippen molar-refractivity contribution < 1.29 is 9.53 Å². The largest absolute Gasteiger partial charge is 0.453 e. The zero-order chi connectivity index (χ0) is 19.4. The van der Waals surface area contributed by atoms with Crippen LogP contribution in [0.1, 0.15) is 21.7 Å². The standard InChI is InChI=1S/C18H17N7O2/c1-11-3-4-16(23-6-11)24-18(26)15-5-13(9-25(10-19)17(15)20)27-14-7-21-12(2)22-8-14/h3-10,19-20H,1-2H3,(H,23,24,26). The lowest BCUT2D eigenvalue weighted by atomic mass is 10.2. The van der Waals surface area contributed by atoms with Crippen molar-refractivity contribution in [1.29, 1.82) is 10.8 Å². The second-order valence-corrected chi connectivity index (χ2v) is 5.72. The summed E-state index contributed by atoms with van der Waals surface area (Å²) in [6.07, 6.45) is 6.98. The SMILES string of the molecule is Cc1ccc(NC(=O)c2cc(Oc3cnc(C)nc3)cn(C=N)c2=N)nc1. The summed E-state index contributed by atoms with van der Waals surface area (Å²) in [5.74, 6) is 1.08. The van der Waals surface area contributed by atoms with Gasteiger partial charge in [0.15, 0.2) is 5.75 Å². The molecule has 0 atom stereocenters. The molecule has 3 N–H and O–H groups in total.